The van der Waals surface area contributed by atoms with Gasteiger partial charge >= 0.3 is 0 Å². The molecule has 0 aromatic heterocycles. The van der Waals surface area contributed by atoms with Gasteiger partial charge in [-0.1, -0.05) is 25.4 Å². The van der Waals surface area contributed by atoms with Gasteiger partial charge in [-0.25, -0.2) is 5.43 Å². The molecule has 0 unspecified atom stereocenters. The zero-order valence-electron chi connectivity index (χ0n) is 11.7. The van der Waals surface area contributed by atoms with Gasteiger partial charge in [0.15, 0.2) is 0 Å². The first kappa shape index (κ1) is 15.5. The number of hydrazone groups is 1. The molecule has 0 heterocycles. The number of rotatable bonds is 5. The highest BCUT2D eigenvalue weighted by molar-refractivity contribution is 6.31. The summed E-state index contributed by atoms with van der Waals surface area (Å²) in [6.07, 6.45) is 0.840. The summed E-state index contributed by atoms with van der Waals surface area (Å²) in [5, 5.41) is 4.54. The number of methoxy groups -OCH3 is 1. The first-order chi connectivity index (χ1) is 8.93. The number of nitrogens with one attached hydrogen (secondary N) is 1. The van der Waals surface area contributed by atoms with Gasteiger partial charge in [0.05, 0.1) is 12.7 Å². The number of hydrogen-bond donors (Lipinski definition) is 1. The summed E-state index contributed by atoms with van der Waals surface area (Å²) in [5.74, 6) is 0.641. The van der Waals surface area contributed by atoms with Crippen molar-refractivity contribution < 1.29 is 9.53 Å². The van der Waals surface area contributed by atoms with Crippen LogP contribution < -0.4 is 10.2 Å². The molecule has 0 atom stereocenters. The third-order valence-corrected chi connectivity index (χ3v) is 2.69. The maximum atomic E-state index is 12.0. The molecule has 1 aromatic rings. The Kier molecular flexibility index (Phi) is 5.83. The Morgan fingerprint density at radius 3 is 2.74 bits per heavy atom. The quantitative estimate of drug-likeness (QED) is 0.664. The number of nitrogens with zero attached hydrogens (tertiary/aromatic N) is 1. The molecule has 104 valence electrons. The number of amides is 1. The lowest BCUT2D eigenvalue weighted by Gasteiger charge is -2.08. The summed E-state index contributed by atoms with van der Waals surface area (Å²) >= 11 is 5.88. The molecule has 5 heteroatoms. The lowest BCUT2D eigenvalue weighted by molar-refractivity contribution is 0.0951. The van der Waals surface area contributed by atoms with E-state index in [-0.39, 0.29) is 5.91 Å². The summed E-state index contributed by atoms with van der Waals surface area (Å²) < 4.78 is 5.12. The largest absolute Gasteiger partial charge is 0.496 e. The molecule has 0 radical (unpaired) electrons. The number of ether oxygens (including phenoxy) is 1. The number of halogens is 1. The van der Waals surface area contributed by atoms with E-state index in [9.17, 15) is 4.79 Å². The van der Waals surface area contributed by atoms with E-state index in [4.69, 9.17) is 16.3 Å². The van der Waals surface area contributed by atoms with Crippen molar-refractivity contribution in [2.75, 3.05) is 7.11 Å². The average Bonchev–Trinajstić information content (AvgIpc) is 2.35. The van der Waals surface area contributed by atoms with Crippen molar-refractivity contribution in [2.24, 2.45) is 11.0 Å². The van der Waals surface area contributed by atoms with Crippen LogP contribution in [0, 0.1) is 5.92 Å². The van der Waals surface area contributed by atoms with Crippen LogP contribution in [0.15, 0.2) is 23.3 Å². The second-order valence-electron chi connectivity index (χ2n) is 4.73. The van der Waals surface area contributed by atoms with Gasteiger partial charge in [0.25, 0.3) is 5.91 Å². The van der Waals surface area contributed by atoms with Crippen LogP contribution in [0.1, 0.15) is 37.6 Å². The minimum absolute atomic E-state index is 0.331. The first-order valence-corrected chi connectivity index (χ1v) is 6.49. The third-order valence-electron chi connectivity index (χ3n) is 2.46. The molecule has 1 rings (SSSR count). The molecule has 0 bridgehead atoms. The molecule has 0 aliphatic heterocycles. The summed E-state index contributed by atoms with van der Waals surface area (Å²) in [4.78, 5) is 12.0. The number of carbonyl (C=O) groups excluding carboxylic acids is 1. The maximum Gasteiger partial charge on any atom is 0.275 e. The minimum atomic E-state index is -0.331. The molecule has 4 nitrogen and oxygen atoms in total. The van der Waals surface area contributed by atoms with Gasteiger partial charge in [0.2, 0.25) is 0 Å². The maximum absolute atomic E-state index is 12.0. The van der Waals surface area contributed by atoms with E-state index in [1.165, 1.54) is 7.11 Å². The highest BCUT2D eigenvalue weighted by Crippen LogP contribution is 2.22. The van der Waals surface area contributed by atoms with Crippen LogP contribution in [-0.2, 0) is 0 Å². The molecular formula is C14H19ClN2O2. The first-order valence-electron chi connectivity index (χ1n) is 6.11. The van der Waals surface area contributed by atoms with Crippen LogP contribution in [0.25, 0.3) is 0 Å². The SMILES string of the molecule is COc1ccc(Cl)cc1C(=O)NN=C(C)CC(C)C. The molecule has 1 N–H and O–H groups in total. The van der Waals surface area contributed by atoms with Crippen molar-refractivity contribution in [1.82, 2.24) is 5.43 Å². The van der Waals surface area contributed by atoms with E-state index in [1.807, 2.05) is 6.92 Å². The monoisotopic (exact) mass is 282 g/mol. The number of carbonyl (C=O) groups is 1. The van der Waals surface area contributed by atoms with Crippen molar-refractivity contribution in [3.8, 4) is 5.75 Å². The van der Waals surface area contributed by atoms with Crippen molar-refractivity contribution in [2.45, 2.75) is 27.2 Å². The van der Waals surface area contributed by atoms with E-state index in [0.717, 1.165) is 12.1 Å². The van der Waals surface area contributed by atoms with E-state index < -0.39 is 0 Å². The summed E-state index contributed by atoms with van der Waals surface area (Å²) in [6, 6.07) is 4.88. The summed E-state index contributed by atoms with van der Waals surface area (Å²) in [7, 11) is 1.51. The molecular weight excluding hydrogens is 264 g/mol. The van der Waals surface area contributed by atoms with Gasteiger partial charge < -0.3 is 4.74 Å². The predicted octanol–water partition coefficient (Wildman–Crippen LogP) is 3.50. The highest BCUT2D eigenvalue weighted by Gasteiger charge is 2.12. The smallest absolute Gasteiger partial charge is 0.275 e. The zero-order valence-corrected chi connectivity index (χ0v) is 12.4. The molecule has 0 saturated heterocycles. The van der Waals surface area contributed by atoms with Gasteiger partial charge in [-0.3, -0.25) is 4.79 Å². The zero-order chi connectivity index (χ0) is 14.4. The Bertz CT molecular complexity index is 484. The van der Waals surface area contributed by atoms with Gasteiger partial charge in [-0.05, 0) is 37.5 Å². The standard InChI is InChI=1S/C14H19ClN2O2/c1-9(2)7-10(3)16-17-14(18)12-8-11(15)5-6-13(12)19-4/h5-6,8-9H,7H2,1-4H3,(H,17,18). The molecule has 0 aliphatic rings. The van der Waals surface area contributed by atoms with Crippen LogP contribution in [0.3, 0.4) is 0 Å². The Hall–Kier alpha value is -1.55. The Labute approximate surface area is 118 Å². The fraction of sp³-hybridized carbons (Fsp3) is 0.429. The molecule has 1 aromatic carbocycles. The predicted molar refractivity (Wildman–Crippen MR) is 78.0 cm³/mol. The second-order valence-corrected chi connectivity index (χ2v) is 5.17. The molecule has 0 spiro atoms. The van der Waals surface area contributed by atoms with Gasteiger partial charge in [0.1, 0.15) is 5.75 Å². The van der Waals surface area contributed by atoms with Gasteiger partial charge in [0, 0.05) is 10.7 Å². The van der Waals surface area contributed by atoms with Crippen molar-refractivity contribution in [1.29, 1.82) is 0 Å². The van der Waals surface area contributed by atoms with Crippen LogP contribution in [0.2, 0.25) is 5.02 Å². The molecule has 0 saturated carbocycles. The fourth-order valence-electron chi connectivity index (χ4n) is 1.70. The lowest BCUT2D eigenvalue weighted by Crippen LogP contribution is -2.20. The van der Waals surface area contributed by atoms with Gasteiger partial charge in [-0.2, -0.15) is 5.10 Å². The van der Waals surface area contributed by atoms with Gasteiger partial charge in [-0.15, -0.1) is 0 Å². The number of hydrogen-bond acceptors (Lipinski definition) is 3. The average molecular weight is 283 g/mol. The Balaban J connectivity index is 2.81. The van der Waals surface area contributed by atoms with E-state index in [1.54, 1.807) is 18.2 Å². The number of benzene rings is 1. The Morgan fingerprint density at radius 1 is 1.47 bits per heavy atom. The second kappa shape index (κ2) is 7.14. The van der Waals surface area contributed by atoms with Crippen molar-refractivity contribution in [3.05, 3.63) is 28.8 Å². The van der Waals surface area contributed by atoms with Crippen LogP contribution >= 0.6 is 11.6 Å². The topological polar surface area (TPSA) is 50.7 Å². The molecule has 1 amide bonds. The van der Waals surface area contributed by atoms with Crippen molar-refractivity contribution >= 4 is 23.2 Å². The molecule has 0 aliphatic carbocycles. The Morgan fingerprint density at radius 2 is 2.16 bits per heavy atom. The highest BCUT2D eigenvalue weighted by atomic mass is 35.5. The van der Waals surface area contributed by atoms with E-state index >= 15 is 0 Å². The van der Waals surface area contributed by atoms with Crippen LogP contribution in [0.5, 0.6) is 5.75 Å². The van der Waals surface area contributed by atoms with E-state index in [0.29, 0.717) is 22.3 Å². The lowest BCUT2D eigenvalue weighted by atomic mass is 10.1. The summed E-state index contributed by atoms with van der Waals surface area (Å²) in [5.41, 5.74) is 3.77. The van der Waals surface area contributed by atoms with E-state index in [2.05, 4.69) is 24.4 Å². The van der Waals surface area contributed by atoms with Crippen LogP contribution in [-0.4, -0.2) is 18.7 Å². The fourth-order valence-corrected chi connectivity index (χ4v) is 1.87. The summed E-state index contributed by atoms with van der Waals surface area (Å²) in [6.45, 7) is 6.08. The molecule has 0 fully saturated rings. The van der Waals surface area contributed by atoms with Crippen molar-refractivity contribution in [3.63, 3.8) is 0 Å². The minimum Gasteiger partial charge on any atom is -0.496 e. The molecule has 19 heavy (non-hydrogen) atoms. The van der Waals surface area contributed by atoms with Crippen LogP contribution in [0.4, 0.5) is 0 Å². The third kappa shape index (κ3) is 4.91. The normalized spacial score (nSPS) is 11.6.